The Balaban J connectivity index is 1.54. The van der Waals surface area contributed by atoms with Gasteiger partial charge in [-0.05, 0) is 69.9 Å². The molecule has 7 nitrogen and oxygen atoms in total. The number of aromatic nitrogens is 2. The normalized spacial score (nSPS) is 14.6. The number of carbonyl (C=O) groups excluding carboxylic acids is 1. The Bertz CT molecular complexity index is 1380. The fourth-order valence-corrected chi connectivity index (χ4v) is 3.94. The van der Waals surface area contributed by atoms with Crippen LogP contribution in [0.25, 0.3) is 11.4 Å². The molecule has 38 heavy (non-hydrogen) atoms. The van der Waals surface area contributed by atoms with Gasteiger partial charge < -0.3 is 15.2 Å². The van der Waals surface area contributed by atoms with Crippen LogP contribution in [-0.2, 0) is 11.0 Å². The number of ether oxygens (including phenoxy) is 1. The fraction of sp³-hybridized carbons (Fsp3) is 0.357. The number of hydrogen-bond donors (Lipinski definition) is 2. The SMILES string of the molecule is Cc1cc(C(C)NC(=O)c2cnc(-c3cccc(C(F)(F)F)c3)nc2C2CC2)ccc1OC(C)(C)C(=O)O. The van der Waals surface area contributed by atoms with Gasteiger partial charge in [0.25, 0.3) is 5.91 Å². The zero-order valence-electron chi connectivity index (χ0n) is 21.4. The molecule has 4 rings (SSSR count). The molecule has 1 aromatic heterocycles. The third kappa shape index (κ3) is 5.95. The highest BCUT2D eigenvalue weighted by Gasteiger charge is 2.33. The first kappa shape index (κ1) is 27.1. The summed E-state index contributed by atoms with van der Waals surface area (Å²) in [5, 5.41) is 12.2. The number of aliphatic carboxylic acids is 1. The van der Waals surface area contributed by atoms with Crippen molar-refractivity contribution in [1.82, 2.24) is 15.3 Å². The van der Waals surface area contributed by atoms with Crippen molar-refractivity contribution < 1.29 is 32.6 Å². The Morgan fingerprint density at radius 2 is 1.84 bits per heavy atom. The average Bonchev–Trinajstić information content (AvgIpc) is 3.70. The predicted octanol–water partition coefficient (Wildman–Crippen LogP) is 6.08. The second-order valence-electron chi connectivity index (χ2n) is 9.98. The van der Waals surface area contributed by atoms with E-state index in [2.05, 4.69) is 15.3 Å². The maximum absolute atomic E-state index is 13.2. The average molecular weight is 528 g/mol. The molecule has 1 atom stereocenters. The van der Waals surface area contributed by atoms with E-state index in [9.17, 15) is 27.9 Å². The van der Waals surface area contributed by atoms with Crippen molar-refractivity contribution in [3.63, 3.8) is 0 Å². The van der Waals surface area contributed by atoms with Crippen LogP contribution >= 0.6 is 0 Å². The standard InChI is InChI=1S/C28H28F3N3O4/c1-15-12-18(10-11-22(15)38-27(3,4)26(36)37)16(2)33-25(35)21-14-32-24(34-23(21)17-8-9-17)19-6-5-7-20(13-19)28(29,30)31/h5-7,10-14,16-17H,8-9H2,1-4H3,(H,33,35)(H,36,37). The molecule has 0 bridgehead atoms. The molecule has 3 aromatic rings. The van der Waals surface area contributed by atoms with Crippen LogP contribution in [0.2, 0.25) is 0 Å². The minimum Gasteiger partial charge on any atom is -0.478 e. The zero-order chi connectivity index (χ0) is 27.8. The molecule has 0 spiro atoms. The summed E-state index contributed by atoms with van der Waals surface area (Å²) in [6, 6.07) is 9.63. The van der Waals surface area contributed by atoms with Gasteiger partial charge in [0, 0.05) is 17.7 Å². The number of amides is 1. The molecule has 1 unspecified atom stereocenters. The number of nitrogens with one attached hydrogen (secondary N) is 1. The number of benzene rings is 2. The minimum atomic E-state index is -4.49. The van der Waals surface area contributed by atoms with Crippen LogP contribution in [0.4, 0.5) is 13.2 Å². The first-order chi connectivity index (χ1) is 17.8. The first-order valence-electron chi connectivity index (χ1n) is 12.1. The summed E-state index contributed by atoms with van der Waals surface area (Å²) in [4.78, 5) is 33.3. The molecule has 0 saturated heterocycles. The van der Waals surface area contributed by atoms with Crippen LogP contribution in [0.15, 0.2) is 48.7 Å². The maximum atomic E-state index is 13.2. The lowest BCUT2D eigenvalue weighted by Gasteiger charge is -2.23. The molecule has 0 radical (unpaired) electrons. The molecule has 1 fully saturated rings. The summed E-state index contributed by atoms with van der Waals surface area (Å²) < 4.78 is 45.1. The van der Waals surface area contributed by atoms with E-state index in [1.54, 1.807) is 19.1 Å². The van der Waals surface area contributed by atoms with Crippen molar-refractivity contribution in [1.29, 1.82) is 0 Å². The van der Waals surface area contributed by atoms with E-state index in [-0.39, 0.29) is 28.8 Å². The summed E-state index contributed by atoms with van der Waals surface area (Å²) >= 11 is 0. The Morgan fingerprint density at radius 1 is 1.13 bits per heavy atom. The lowest BCUT2D eigenvalue weighted by Crippen LogP contribution is -2.38. The van der Waals surface area contributed by atoms with Gasteiger partial charge in [0.2, 0.25) is 0 Å². The molecule has 200 valence electrons. The van der Waals surface area contributed by atoms with Crippen LogP contribution in [0.1, 0.15) is 78.3 Å². The van der Waals surface area contributed by atoms with Gasteiger partial charge in [-0.2, -0.15) is 13.2 Å². The number of rotatable bonds is 8. The van der Waals surface area contributed by atoms with E-state index < -0.39 is 29.4 Å². The van der Waals surface area contributed by atoms with E-state index >= 15 is 0 Å². The van der Waals surface area contributed by atoms with Gasteiger partial charge in [0.05, 0.1) is 22.9 Å². The number of nitrogens with zero attached hydrogens (tertiary/aromatic N) is 2. The van der Waals surface area contributed by atoms with Gasteiger partial charge in [-0.25, -0.2) is 14.8 Å². The highest BCUT2D eigenvalue weighted by Crippen LogP contribution is 2.41. The van der Waals surface area contributed by atoms with Crippen LogP contribution in [0, 0.1) is 6.92 Å². The fourth-order valence-electron chi connectivity index (χ4n) is 3.94. The van der Waals surface area contributed by atoms with Crippen molar-refractivity contribution in [3.8, 4) is 17.1 Å². The summed E-state index contributed by atoms with van der Waals surface area (Å²) in [6.45, 7) is 6.52. The largest absolute Gasteiger partial charge is 0.478 e. The van der Waals surface area contributed by atoms with Crippen molar-refractivity contribution >= 4 is 11.9 Å². The van der Waals surface area contributed by atoms with Crippen LogP contribution < -0.4 is 10.1 Å². The van der Waals surface area contributed by atoms with E-state index in [0.717, 1.165) is 30.5 Å². The molecular weight excluding hydrogens is 499 g/mol. The van der Waals surface area contributed by atoms with Crippen molar-refractivity contribution in [2.45, 2.75) is 64.3 Å². The predicted molar refractivity (Wildman–Crippen MR) is 134 cm³/mol. The second-order valence-corrected chi connectivity index (χ2v) is 9.98. The highest BCUT2D eigenvalue weighted by molar-refractivity contribution is 5.95. The number of alkyl halides is 3. The van der Waals surface area contributed by atoms with Crippen LogP contribution in [0.5, 0.6) is 5.75 Å². The molecule has 2 N–H and O–H groups in total. The number of aryl methyl sites for hydroxylation is 1. The number of carboxylic acid groups (broad SMARTS) is 1. The molecular formula is C28H28F3N3O4. The van der Waals surface area contributed by atoms with Crippen LogP contribution in [-0.4, -0.2) is 32.6 Å². The minimum absolute atomic E-state index is 0.0508. The van der Waals surface area contributed by atoms with Gasteiger partial charge in [-0.15, -0.1) is 0 Å². The lowest BCUT2D eigenvalue weighted by atomic mass is 10.0. The molecule has 1 aliphatic rings. The molecule has 1 amide bonds. The number of halogens is 3. The number of carbonyl (C=O) groups is 2. The third-order valence-electron chi connectivity index (χ3n) is 6.40. The first-order valence-corrected chi connectivity index (χ1v) is 12.1. The Kier molecular flexibility index (Phi) is 7.18. The van der Waals surface area contributed by atoms with Gasteiger partial charge in [0.1, 0.15) is 5.75 Å². The van der Waals surface area contributed by atoms with Gasteiger partial charge in [-0.1, -0.05) is 24.3 Å². The van der Waals surface area contributed by atoms with Gasteiger partial charge in [-0.3, -0.25) is 4.79 Å². The van der Waals surface area contributed by atoms with Crippen molar-refractivity contribution in [2.24, 2.45) is 0 Å². The number of hydrogen-bond acceptors (Lipinski definition) is 5. The van der Waals surface area contributed by atoms with Gasteiger partial charge >= 0.3 is 12.1 Å². The van der Waals surface area contributed by atoms with Gasteiger partial charge in [0.15, 0.2) is 11.4 Å². The molecule has 0 aliphatic heterocycles. The Labute approximate surface area is 218 Å². The summed E-state index contributed by atoms with van der Waals surface area (Å²) in [6.07, 6.45) is -1.45. The Morgan fingerprint density at radius 3 is 2.45 bits per heavy atom. The summed E-state index contributed by atoms with van der Waals surface area (Å²) in [5.74, 6) is -0.864. The number of carboxylic acids is 1. The van der Waals surface area contributed by atoms with E-state index in [1.807, 2.05) is 13.0 Å². The zero-order valence-corrected chi connectivity index (χ0v) is 21.4. The van der Waals surface area contributed by atoms with E-state index in [1.165, 1.54) is 32.2 Å². The molecule has 1 aliphatic carbocycles. The molecule has 1 heterocycles. The lowest BCUT2D eigenvalue weighted by molar-refractivity contribution is -0.152. The molecule has 1 saturated carbocycles. The maximum Gasteiger partial charge on any atom is 0.416 e. The Hall–Kier alpha value is -3.95. The smallest absolute Gasteiger partial charge is 0.416 e. The van der Waals surface area contributed by atoms with Crippen LogP contribution in [0.3, 0.4) is 0 Å². The monoisotopic (exact) mass is 527 g/mol. The third-order valence-corrected chi connectivity index (χ3v) is 6.40. The quantitative estimate of drug-likeness (QED) is 0.368. The van der Waals surface area contributed by atoms with E-state index in [0.29, 0.717) is 17.0 Å². The van der Waals surface area contributed by atoms with Crippen molar-refractivity contribution in [2.75, 3.05) is 0 Å². The van der Waals surface area contributed by atoms with E-state index in [4.69, 9.17) is 4.74 Å². The topological polar surface area (TPSA) is 101 Å². The second kappa shape index (κ2) is 10.1. The summed E-state index contributed by atoms with van der Waals surface area (Å²) in [7, 11) is 0. The molecule has 10 heteroatoms. The molecule has 2 aromatic carbocycles. The van der Waals surface area contributed by atoms with Crippen molar-refractivity contribution in [3.05, 3.63) is 76.6 Å². The summed E-state index contributed by atoms with van der Waals surface area (Å²) in [5.41, 5.74) is 0.344. The highest BCUT2D eigenvalue weighted by atomic mass is 19.4.